The first-order valence-electron chi connectivity index (χ1n) is 8.56. The second-order valence-corrected chi connectivity index (χ2v) is 14.3. The van der Waals surface area contributed by atoms with Crippen LogP contribution in [0.4, 0.5) is 0 Å². The molecule has 2 aliphatic heterocycles. The van der Waals surface area contributed by atoms with E-state index in [1.807, 2.05) is 0 Å². The Balaban J connectivity index is 1.62. The van der Waals surface area contributed by atoms with E-state index in [1.54, 1.807) is 13.8 Å². The molecule has 2 nitrogen and oxygen atoms in total. The van der Waals surface area contributed by atoms with Crippen molar-refractivity contribution in [2.45, 2.75) is 46.4 Å². The molecule has 2 saturated heterocycles. The average Bonchev–Trinajstić information content (AvgIpc) is 3.23. The predicted octanol–water partition coefficient (Wildman–Crippen LogP) is 5.79. The number of hydrogen-bond donors (Lipinski definition) is 0. The van der Waals surface area contributed by atoms with Gasteiger partial charge in [0.15, 0.2) is 0 Å². The van der Waals surface area contributed by atoms with Gasteiger partial charge in [-0.1, -0.05) is 36.7 Å². The summed E-state index contributed by atoms with van der Waals surface area (Å²) in [5.74, 6) is 4.20. The number of hydrogen-bond acceptors (Lipinski definition) is 8. The van der Waals surface area contributed by atoms with Gasteiger partial charge in [0, 0.05) is 33.5 Å². The molecule has 0 aromatic heterocycles. The van der Waals surface area contributed by atoms with Crippen LogP contribution in [0.2, 0.25) is 0 Å². The zero-order valence-electron chi connectivity index (χ0n) is 15.2. The highest BCUT2D eigenvalue weighted by molar-refractivity contribution is 8.26. The quantitative estimate of drug-likeness (QED) is 0.395. The molecule has 0 amide bonds. The van der Waals surface area contributed by atoms with E-state index in [0.29, 0.717) is 30.8 Å². The number of carbonyl (C=O) groups is 2. The van der Waals surface area contributed by atoms with Crippen molar-refractivity contribution in [2.24, 2.45) is 0 Å². The van der Waals surface area contributed by atoms with E-state index < -0.39 is 0 Å². The fraction of sp³-hybridized carbons (Fsp3) is 0.667. The highest BCUT2D eigenvalue weighted by atomic mass is 32.2. The first-order chi connectivity index (χ1) is 12.4. The van der Waals surface area contributed by atoms with E-state index in [0.717, 1.165) is 24.3 Å². The minimum absolute atomic E-state index is 0.130. The van der Waals surface area contributed by atoms with Crippen LogP contribution >= 0.6 is 70.6 Å². The highest BCUT2D eigenvalue weighted by Crippen LogP contribution is 2.52. The fourth-order valence-electron chi connectivity index (χ4n) is 2.34. The summed E-state index contributed by atoms with van der Waals surface area (Å²) in [6.45, 7) is 11.0. The van der Waals surface area contributed by atoms with E-state index in [9.17, 15) is 9.59 Å². The summed E-state index contributed by atoms with van der Waals surface area (Å²) < 4.78 is 1.32. The molecule has 0 spiro atoms. The lowest BCUT2D eigenvalue weighted by molar-refractivity contribution is -0.108. The van der Waals surface area contributed by atoms with Crippen LogP contribution in [0.3, 0.4) is 0 Å². The van der Waals surface area contributed by atoms with Crippen molar-refractivity contribution in [1.29, 1.82) is 0 Å². The van der Waals surface area contributed by atoms with Gasteiger partial charge >= 0.3 is 0 Å². The Hall–Kier alpha value is 0.920. The molecule has 4 atom stereocenters. The van der Waals surface area contributed by atoms with Crippen molar-refractivity contribution in [2.75, 3.05) is 23.0 Å². The number of thioether (sulfide) groups is 6. The second-order valence-electron chi connectivity index (χ2n) is 6.33. The molecule has 2 rings (SSSR count). The highest BCUT2D eigenvalue weighted by Gasteiger charge is 2.37. The van der Waals surface area contributed by atoms with E-state index in [-0.39, 0.29) is 10.2 Å². The topological polar surface area (TPSA) is 34.1 Å². The average molecular weight is 467 g/mol. The van der Waals surface area contributed by atoms with Crippen molar-refractivity contribution in [3.05, 3.63) is 24.3 Å². The van der Waals surface area contributed by atoms with E-state index in [2.05, 4.69) is 60.2 Å². The van der Waals surface area contributed by atoms with Crippen molar-refractivity contribution in [1.82, 2.24) is 0 Å². The maximum Gasteiger partial charge on any atom is 0.214 e. The van der Waals surface area contributed by atoms with Gasteiger partial charge in [-0.05, 0) is 37.8 Å². The molecule has 8 heteroatoms. The molecule has 2 aliphatic rings. The molecule has 26 heavy (non-hydrogen) atoms. The Bertz CT molecular complexity index is 502. The zero-order valence-corrected chi connectivity index (χ0v) is 20.1. The van der Waals surface area contributed by atoms with Crippen molar-refractivity contribution in [3.63, 3.8) is 0 Å². The molecule has 0 N–H and O–H groups in total. The summed E-state index contributed by atoms with van der Waals surface area (Å²) in [5.41, 5.74) is 1.29. The Kier molecular flexibility index (Phi) is 10.5. The van der Waals surface area contributed by atoms with Gasteiger partial charge in [-0.25, -0.2) is 0 Å². The molecule has 0 bridgehead atoms. The third kappa shape index (κ3) is 7.74. The summed E-state index contributed by atoms with van der Waals surface area (Å²) in [7, 11) is 0. The molecule has 4 unspecified atom stereocenters. The van der Waals surface area contributed by atoms with Crippen LogP contribution in [-0.2, 0) is 9.59 Å². The monoisotopic (exact) mass is 466 g/mol. The fourth-order valence-corrected chi connectivity index (χ4v) is 12.1. The van der Waals surface area contributed by atoms with Crippen LogP contribution in [-0.4, -0.2) is 52.9 Å². The van der Waals surface area contributed by atoms with Crippen LogP contribution in [0, 0.1) is 0 Å². The molecule has 2 heterocycles. The first-order valence-corrected chi connectivity index (χ1v) is 14.5. The Morgan fingerprint density at radius 2 is 1.23 bits per heavy atom. The van der Waals surface area contributed by atoms with Gasteiger partial charge in [0.2, 0.25) is 10.2 Å². The van der Waals surface area contributed by atoms with Gasteiger partial charge in [-0.15, -0.1) is 47.0 Å². The van der Waals surface area contributed by atoms with Gasteiger partial charge in [-0.2, -0.15) is 0 Å². The van der Waals surface area contributed by atoms with Crippen LogP contribution in [0.1, 0.15) is 26.7 Å². The van der Waals surface area contributed by atoms with Crippen molar-refractivity contribution < 1.29 is 9.59 Å². The van der Waals surface area contributed by atoms with Gasteiger partial charge in [-0.3, -0.25) is 9.59 Å². The molecule has 0 saturated carbocycles. The lowest BCUT2D eigenvalue weighted by Crippen LogP contribution is -2.10. The lowest BCUT2D eigenvalue weighted by Gasteiger charge is -2.16. The zero-order chi connectivity index (χ0) is 19.1. The molecular formula is C18H26O2S6. The minimum Gasteiger partial charge on any atom is -0.282 e. The van der Waals surface area contributed by atoms with E-state index in [1.165, 1.54) is 35.0 Å². The first kappa shape index (κ1) is 23.2. The normalized spacial score (nSPS) is 28.2. The van der Waals surface area contributed by atoms with Gasteiger partial charge in [0.25, 0.3) is 0 Å². The Labute approximate surface area is 183 Å². The summed E-state index contributed by atoms with van der Waals surface area (Å²) in [6, 6.07) is 0. The summed E-state index contributed by atoms with van der Waals surface area (Å²) in [6.07, 6.45) is 2.20. The molecular weight excluding hydrogens is 441 g/mol. The smallest absolute Gasteiger partial charge is 0.214 e. The maximum atomic E-state index is 11.6. The minimum atomic E-state index is 0.130. The van der Waals surface area contributed by atoms with Crippen LogP contribution in [0.5, 0.6) is 0 Å². The number of carbonyl (C=O) groups excluding carboxylic acids is 2. The maximum absolute atomic E-state index is 11.6. The van der Waals surface area contributed by atoms with Crippen molar-refractivity contribution in [3.8, 4) is 0 Å². The summed E-state index contributed by atoms with van der Waals surface area (Å²) >= 11 is 11.2. The van der Waals surface area contributed by atoms with E-state index in [4.69, 9.17) is 0 Å². The Morgan fingerprint density at radius 1 is 0.846 bits per heavy atom. The number of rotatable bonds is 9. The molecule has 0 aromatic rings. The largest absolute Gasteiger partial charge is 0.282 e. The molecule has 146 valence electrons. The standard InChI is InChI=1S/C18H26O2S6/c1-11(2)15(19)21-7-5-13-9-23-17(25-13)18-24-10-14(26-18)6-8-22-16(20)12(3)4/h13-14,17-18H,1,3,5-10H2,2,4H3. The molecule has 2 fully saturated rings. The van der Waals surface area contributed by atoms with E-state index >= 15 is 0 Å². The summed E-state index contributed by atoms with van der Waals surface area (Å²) in [5, 5.41) is 1.59. The van der Waals surface area contributed by atoms with Crippen LogP contribution in [0.25, 0.3) is 0 Å². The van der Waals surface area contributed by atoms with Crippen LogP contribution in [0.15, 0.2) is 24.3 Å². The third-order valence-electron chi connectivity index (χ3n) is 3.81. The van der Waals surface area contributed by atoms with Gasteiger partial charge < -0.3 is 0 Å². The lowest BCUT2D eigenvalue weighted by atomic mass is 10.4. The molecule has 0 aliphatic carbocycles. The summed E-state index contributed by atoms with van der Waals surface area (Å²) in [4.78, 5) is 23.2. The van der Waals surface area contributed by atoms with Gasteiger partial charge in [0.1, 0.15) is 0 Å². The predicted molar refractivity (Wildman–Crippen MR) is 129 cm³/mol. The molecule has 0 aromatic carbocycles. The SMILES string of the molecule is C=C(C)C(=O)SCCC1CSC(C2SCC(CCSC(=O)C(=C)C)S2)S1. The van der Waals surface area contributed by atoms with Crippen LogP contribution < -0.4 is 0 Å². The Morgan fingerprint density at radius 3 is 1.58 bits per heavy atom. The third-order valence-corrected chi connectivity index (χ3v) is 13.6. The molecule has 0 radical (unpaired) electrons. The van der Waals surface area contributed by atoms with Gasteiger partial charge in [0.05, 0.1) is 9.16 Å². The second kappa shape index (κ2) is 11.8. The van der Waals surface area contributed by atoms with Crippen molar-refractivity contribution >= 4 is 80.8 Å².